The number of aliphatic hydroxyl groups excluding tert-OH is 1. The molecule has 2 aliphatic heterocycles. The van der Waals surface area contributed by atoms with E-state index in [1.807, 2.05) is 57.5 Å². The van der Waals surface area contributed by atoms with Crippen LogP contribution in [0.2, 0.25) is 0 Å². The summed E-state index contributed by atoms with van der Waals surface area (Å²) in [6.45, 7) is 12.2. The summed E-state index contributed by atoms with van der Waals surface area (Å²) in [6, 6.07) is 13.5. The molecule has 1 fully saturated rings. The quantitative estimate of drug-likeness (QED) is 0.0482. The van der Waals surface area contributed by atoms with E-state index in [4.69, 9.17) is 9.47 Å². The number of unbranched alkanes of at least 4 members (excludes halogenated alkanes) is 4. The summed E-state index contributed by atoms with van der Waals surface area (Å²) in [5.74, 6) is -2.12. The molecule has 1 aromatic heterocycles. The monoisotopic (exact) mass is 986 g/mol. The van der Waals surface area contributed by atoms with Gasteiger partial charge in [-0.1, -0.05) is 70.4 Å². The Hall–Kier alpha value is -5.69. The predicted octanol–water partition coefficient (Wildman–Crippen LogP) is 6.64. The van der Waals surface area contributed by atoms with Gasteiger partial charge in [0, 0.05) is 32.7 Å². The first kappa shape index (κ1) is 52.7. The molecule has 2 aliphatic rings. The second-order valence-electron chi connectivity index (χ2n) is 19.0. The fourth-order valence-corrected chi connectivity index (χ4v) is 10.8. The first-order valence-electron chi connectivity index (χ1n) is 23.5. The van der Waals surface area contributed by atoms with Crippen LogP contribution in [0.15, 0.2) is 60.1 Å². The average molecular weight is 987 g/mol. The molecule has 4 aromatic rings. The number of hydrogen-bond acceptors (Lipinski definition) is 13. The van der Waals surface area contributed by atoms with Crippen LogP contribution in [0.25, 0.3) is 10.4 Å². The van der Waals surface area contributed by atoms with Crippen molar-refractivity contribution >= 4 is 56.4 Å². The smallest absolute Gasteiger partial charge is 0.264 e. The van der Waals surface area contributed by atoms with Crippen molar-refractivity contribution in [2.45, 2.75) is 117 Å². The highest BCUT2D eigenvalue weighted by Crippen LogP contribution is 2.40. The van der Waals surface area contributed by atoms with Crippen LogP contribution in [0.1, 0.15) is 122 Å². The molecule has 372 valence electrons. The van der Waals surface area contributed by atoms with Crippen LogP contribution in [0.4, 0.5) is 5.69 Å². The molecule has 16 nitrogen and oxygen atoms in total. The van der Waals surface area contributed by atoms with Gasteiger partial charge in [0.1, 0.15) is 15.9 Å². The Labute approximate surface area is 409 Å². The molecule has 0 aliphatic carbocycles. The predicted molar refractivity (Wildman–Crippen MR) is 266 cm³/mol. The number of carbonyl (C=O) groups is 5. The van der Waals surface area contributed by atoms with Crippen LogP contribution in [-0.2, 0) is 37.2 Å². The maximum absolute atomic E-state index is 14.2. The molecular weight excluding hydrogens is 921 g/mol. The zero-order valence-electron chi connectivity index (χ0n) is 40.8. The Morgan fingerprint density at radius 3 is 2.30 bits per heavy atom. The van der Waals surface area contributed by atoms with Gasteiger partial charge in [-0.15, -0.1) is 11.3 Å². The van der Waals surface area contributed by atoms with E-state index >= 15 is 0 Å². The van der Waals surface area contributed by atoms with Crippen LogP contribution in [-0.4, -0.2) is 115 Å². The normalized spacial score (nSPS) is 16.9. The van der Waals surface area contributed by atoms with Crippen LogP contribution < -0.4 is 25.4 Å². The van der Waals surface area contributed by atoms with Crippen molar-refractivity contribution in [1.29, 1.82) is 0 Å². The summed E-state index contributed by atoms with van der Waals surface area (Å²) in [4.78, 5) is 76.3. The minimum absolute atomic E-state index is 0.00971. The fourth-order valence-electron chi connectivity index (χ4n) is 9.06. The van der Waals surface area contributed by atoms with Gasteiger partial charge in [0.25, 0.3) is 11.8 Å². The number of methoxy groups -OCH3 is 1. The third-order valence-corrected chi connectivity index (χ3v) is 14.3. The molecule has 0 radical (unpaired) electrons. The van der Waals surface area contributed by atoms with Crippen molar-refractivity contribution in [3.8, 4) is 21.9 Å². The number of nitrogens with zero attached hydrogens (tertiary/aromatic N) is 3. The van der Waals surface area contributed by atoms with E-state index < -0.39 is 63.0 Å². The fraction of sp³-hybridized carbons (Fsp3) is 0.490. The Balaban J connectivity index is 1.03. The van der Waals surface area contributed by atoms with Crippen LogP contribution in [0, 0.1) is 12.3 Å². The van der Waals surface area contributed by atoms with Gasteiger partial charge in [0.2, 0.25) is 17.7 Å². The van der Waals surface area contributed by atoms with E-state index in [1.165, 1.54) is 18.9 Å². The number of carbonyl (C=O) groups excluding carboxylic acids is 5. The lowest BCUT2D eigenvalue weighted by molar-refractivity contribution is -0.142. The van der Waals surface area contributed by atoms with Gasteiger partial charge in [0.15, 0.2) is 11.5 Å². The van der Waals surface area contributed by atoms with Gasteiger partial charge >= 0.3 is 0 Å². The highest BCUT2D eigenvalue weighted by Gasteiger charge is 2.45. The van der Waals surface area contributed by atoms with Gasteiger partial charge in [-0.2, -0.15) is 0 Å². The maximum atomic E-state index is 14.2. The van der Waals surface area contributed by atoms with E-state index in [0.717, 1.165) is 70.5 Å². The molecule has 4 atom stereocenters. The minimum Gasteiger partial charge on any atom is -0.493 e. The van der Waals surface area contributed by atoms with Crippen LogP contribution >= 0.6 is 11.3 Å². The number of sulfone groups is 1. The summed E-state index contributed by atoms with van der Waals surface area (Å²) in [6.07, 6.45) is 5.11. The Morgan fingerprint density at radius 2 is 1.67 bits per heavy atom. The zero-order chi connectivity index (χ0) is 50.2. The molecule has 0 bridgehead atoms. The topological polar surface area (TPSA) is 214 Å². The van der Waals surface area contributed by atoms with Crippen molar-refractivity contribution in [3.05, 3.63) is 93.6 Å². The van der Waals surface area contributed by atoms with Crippen LogP contribution in [0.3, 0.4) is 0 Å². The van der Waals surface area contributed by atoms with Crippen molar-refractivity contribution in [2.75, 3.05) is 44.1 Å². The maximum Gasteiger partial charge on any atom is 0.264 e. The lowest BCUT2D eigenvalue weighted by Crippen LogP contribution is -2.56. The van der Waals surface area contributed by atoms with Gasteiger partial charge in [-0.25, -0.2) is 13.4 Å². The van der Waals surface area contributed by atoms with Gasteiger partial charge in [-0.05, 0) is 91.6 Å². The lowest BCUT2D eigenvalue weighted by atomic mass is 9.85. The number of imide groups is 1. The van der Waals surface area contributed by atoms with E-state index in [-0.39, 0.29) is 41.6 Å². The van der Waals surface area contributed by atoms with Crippen molar-refractivity contribution in [3.63, 3.8) is 0 Å². The number of likely N-dealkylation sites (tertiary alicyclic amines) is 1. The molecule has 4 N–H and O–H groups in total. The number of anilines is 1. The molecule has 0 saturated carbocycles. The van der Waals surface area contributed by atoms with E-state index in [1.54, 1.807) is 48.6 Å². The second kappa shape index (κ2) is 22.8. The number of amides is 5. The number of fused-ring (bicyclic) bond motifs is 1. The highest BCUT2D eigenvalue weighted by molar-refractivity contribution is 7.90. The average Bonchev–Trinajstić information content (AvgIpc) is 3.97. The van der Waals surface area contributed by atoms with Gasteiger partial charge < -0.3 is 35.4 Å². The molecule has 0 spiro atoms. The van der Waals surface area contributed by atoms with E-state index in [0.29, 0.717) is 43.2 Å². The molecule has 18 heteroatoms. The first-order chi connectivity index (χ1) is 32.7. The SMILES string of the molecule is CCOc1cc([C@@H](CS(C)(=O)=O)N2C(=O)c3cc(CCCCCCCN[C@H](C(=O)N4C[C@H](O)C[C@H]4C(=O)NCc4ccc(-c5scnc5C)cc4)C(C)(C)C)cc(NC(C)=O)c3C2=O)ccc1OC. The number of thiazole rings is 1. The number of aromatic nitrogens is 1. The summed E-state index contributed by atoms with van der Waals surface area (Å²) in [5.41, 5.74) is 5.69. The molecule has 6 rings (SSSR count). The van der Waals surface area contributed by atoms with Crippen LogP contribution in [0.5, 0.6) is 11.5 Å². The van der Waals surface area contributed by atoms with Gasteiger partial charge in [-0.3, -0.25) is 28.9 Å². The summed E-state index contributed by atoms with van der Waals surface area (Å²) >= 11 is 1.58. The number of rotatable bonds is 22. The number of ether oxygens (including phenoxy) is 2. The highest BCUT2D eigenvalue weighted by atomic mass is 32.2. The number of nitrogens with one attached hydrogen (secondary N) is 3. The van der Waals surface area contributed by atoms with Crippen molar-refractivity contribution in [1.82, 2.24) is 25.4 Å². The lowest BCUT2D eigenvalue weighted by Gasteiger charge is -2.35. The molecule has 0 unspecified atom stereocenters. The molecule has 1 saturated heterocycles. The largest absolute Gasteiger partial charge is 0.493 e. The molecule has 3 heterocycles. The number of aryl methyl sites for hydroxylation is 2. The van der Waals surface area contributed by atoms with Crippen molar-refractivity contribution in [2.24, 2.45) is 5.41 Å². The van der Waals surface area contributed by atoms with E-state index in [9.17, 15) is 37.5 Å². The third kappa shape index (κ3) is 13.1. The number of hydrogen-bond donors (Lipinski definition) is 4. The molecular formula is C51H66N6O10S2. The summed E-state index contributed by atoms with van der Waals surface area (Å²) in [5, 5.41) is 19.8. The Morgan fingerprint density at radius 1 is 0.957 bits per heavy atom. The number of aliphatic hydroxyl groups is 1. The molecule has 3 aromatic carbocycles. The molecule has 5 amide bonds. The summed E-state index contributed by atoms with van der Waals surface area (Å²) < 4.78 is 36.6. The van der Waals surface area contributed by atoms with Crippen molar-refractivity contribution < 1.29 is 47.0 Å². The Kier molecular flexibility index (Phi) is 17.4. The Bertz CT molecular complexity index is 2630. The second-order valence-corrected chi connectivity index (χ2v) is 22.1. The number of β-amino-alcohol motifs (C(OH)–C–C–N with tert-alkyl or cyclic N) is 1. The summed E-state index contributed by atoms with van der Waals surface area (Å²) in [7, 11) is -2.24. The van der Waals surface area contributed by atoms with Gasteiger partial charge in [0.05, 0.1) is 70.6 Å². The molecule has 69 heavy (non-hydrogen) atoms. The minimum atomic E-state index is -3.72. The standard InChI is InChI=1S/C51H66N6O10S2/c1-9-67-43-25-36(20-21-42(43)66-7)41(29-69(8,64)65)57-48(61)38-23-34(24-39(55-32(3)58)44(38)49(57)62)15-13-11-10-12-14-22-52-46(51(4,5)6)50(63)56-28-37(59)26-40(56)47(60)53-27-33-16-18-35(19-17-33)45-31(2)54-30-68-45/h16-21,23-25,30,37,40-41,46,52,59H,9-15,22,26-29H2,1-8H3,(H,53,60)(H,55,58)/t37-,40+,41-,46-/m1/s1. The van der Waals surface area contributed by atoms with E-state index in [2.05, 4.69) is 20.9 Å². The first-order valence-corrected chi connectivity index (χ1v) is 26.4. The number of benzene rings is 3. The zero-order valence-corrected chi connectivity index (χ0v) is 42.5. The third-order valence-electron chi connectivity index (χ3n) is 12.4.